The topological polar surface area (TPSA) is 75.2 Å². The number of ether oxygens (including phenoxy) is 2. The minimum Gasteiger partial charge on any atom is -0.347 e. The van der Waals surface area contributed by atoms with E-state index in [-0.39, 0.29) is 12.1 Å². The average molecular weight is 252 g/mol. The zero-order valence-corrected chi connectivity index (χ0v) is 10.9. The molecule has 1 aromatic heterocycles. The molecule has 18 heavy (non-hydrogen) atoms. The molecule has 6 heteroatoms. The predicted octanol–water partition coefficient (Wildman–Crippen LogP) is 0.690. The van der Waals surface area contributed by atoms with Crippen molar-refractivity contribution < 1.29 is 9.47 Å². The van der Waals surface area contributed by atoms with E-state index in [0.717, 1.165) is 30.9 Å². The molecular weight excluding hydrogens is 232 g/mol. The molecule has 0 radical (unpaired) electrons. The molecule has 1 spiro atoms. The molecular formula is C12H20N4O2. The van der Waals surface area contributed by atoms with Crippen molar-refractivity contribution >= 4 is 0 Å². The molecule has 100 valence electrons. The van der Waals surface area contributed by atoms with Crippen molar-refractivity contribution in [3.05, 3.63) is 11.6 Å². The van der Waals surface area contributed by atoms with Gasteiger partial charge in [0.2, 0.25) is 0 Å². The van der Waals surface area contributed by atoms with E-state index >= 15 is 0 Å². The van der Waals surface area contributed by atoms with Gasteiger partial charge in [0.1, 0.15) is 11.6 Å². The van der Waals surface area contributed by atoms with Gasteiger partial charge in [-0.15, -0.1) is 0 Å². The van der Waals surface area contributed by atoms with Crippen molar-refractivity contribution in [2.45, 2.75) is 51.0 Å². The number of aromatic nitrogens is 3. The molecule has 1 aromatic rings. The third kappa shape index (κ3) is 1.94. The summed E-state index contributed by atoms with van der Waals surface area (Å²) in [5, 5.41) is 4.45. The first-order valence-corrected chi connectivity index (χ1v) is 6.53. The zero-order chi connectivity index (χ0) is 12.8. The monoisotopic (exact) mass is 252 g/mol. The summed E-state index contributed by atoms with van der Waals surface area (Å²) in [5.41, 5.74) is 6.24. The van der Waals surface area contributed by atoms with Crippen molar-refractivity contribution in [1.82, 2.24) is 14.8 Å². The van der Waals surface area contributed by atoms with Gasteiger partial charge in [0, 0.05) is 18.9 Å². The largest absolute Gasteiger partial charge is 0.347 e. The lowest BCUT2D eigenvalue weighted by Gasteiger charge is -2.39. The molecule has 3 rings (SSSR count). The van der Waals surface area contributed by atoms with Gasteiger partial charge in [0.05, 0.1) is 19.3 Å². The van der Waals surface area contributed by atoms with Crippen LogP contribution in [0.1, 0.15) is 37.0 Å². The number of hydrogen-bond donors (Lipinski definition) is 1. The van der Waals surface area contributed by atoms with E-state index in [9.17, 15) is 0 Å². The fourth-order valence-electron chi connectivity index (χ4n) is 3.03. The minimum atomic E-state index is -0.438. The number of nitrogens with zero attached hydrogens (tertiary/aromatic N) is 3. The fraction of sp³-hybridized carbons (Fsp3) is 0.833. The minimum absolute atomic E-state index is 0.0863. The van der Waals surface area contributed by atoms with Crippen LogP contribution < -0.4 is 5.73 Å². The highest BCUT2D eigenvalue weighted by Gasteiger charge is 2.45. The molecule has 2 atom stereocenters. The Hall–Kier alpha value is -0.980. The summed E-state index contributed by atoms with van der Waals surface area (Å²) in [7, 11) is 0. The highest BCUT2D eigenvalue weighted by molar-refractivity contribution is 4.98. The molecule has 1 saturated carbocycles. The lowest BCUT2D eigenvalue weighted by Crippen LogP contribution is -2.47. The summed E-state index contributed by atoms with van der Waals surface area (Å²) >= 11 is 0. The van der Waals surface area contributed by atoms with E-state index in [2.05, 4.69) is 10.1 Å². The number of nitrogens with two attached hydrogens (primary N) is 1. The van der Waals surface area contributed by atoms with Crippen LogP contribution in [0.4, 0.5) is 0 Å². The average Bonchev–Trinajstić information content (AvgIpc) is 2.90. The maximum atomic E-state index is 6.24. The Labute approximate surface area is 106 Å². The van der Waals surface area contributed by atoms with Gasteiger partial charge in [-0.25, -0.2) is 9.67 Å². The summed E-state index contributed by atoms with van der Waals surface area (Å²) in [6.07, 6.45) is 2.53. The van der Waals surface area contributed by atoms with Crippen LogP contribution in [0.15, 0.2) is 0 Å². The Morgan fingerprint density at radius 2 is 2.06 bits per heavy atom. The van der Waals surface area contributed by atoms with E-state index < -0.39 is 5.79 Å². The number of hydrogen-bond acceptors (Lipinski definition) is 5. The molecule has 1 aliphatic heterocycles. The SMILES string of the molecule is Cc1nc(C)n(C2CC3(CCC2N)OCCO3)n1. The van der Waals surface area contributed by atoms with Crippen molar-refractivity contribution in [3.63, 3.8) is 0 Å². The van der Waals surface area contributed by atoms with E-state index in [1.807, 2.05) is 18.5 Å². The standard InChI is InChI=1S/C12H20N4O2/c1-8-14-9(2)16(15-8)11-7-12(4-3-10(11)13)17-5-6-18-12/h10-11H,3-7,13H2,1-2H3. The van der Waals surface area contributed by atoms with Crippen LogP contribution in [0.3, 0.4) is 0 Å². The second-order valence-corrected chi connectivity index (χ2v) is 5.23. The zero-order valence-electron chi connectivity index (χ0n) is 10.9. The second-order valence-electron chi connectivity index (χ2n) is 5.23. The Balaban J connectivity index is 1.87. The molecule has 1 saturated heterocycles. The van der Waals surface area contributed by atoms with Crippen LogP contribution in [-0.4, -0.2) is 39.8 Å². The lowest BCUT2D eigenvalue weighted by molar-refractivity contribution is -0.188. The van der Waals surface area contributed by atoms with Crippen molar-refractivity contribution in [1.29, 1.82) is 0 Å². The van der Waals surface area contributed by atoms with Crippen molar-refractivity contribution in [3.8, 4) is 0 Å². The second kappa shape index (κ2) is 4.29. The van der Waals surface area contributed by atoms with E-state index in [1.54, 1.807) is 0 Å². The molecule has 2 heterocycles. The molecule has 6 nitrogen and oxygen atoms in total. The molecule has 0 amide bonds. The third-order valence-corrected chi connectivity index (χ3v) is 3.91. The Kier molecular flexibility index (Phi) is 2.88. The summed E-state index contributed by atoms with van der Waals surface area (Å²) in [6, 6.07) is 0.196. The van der Waals surface area contributed by atoms with Gasteiger partial charge in [-0.1, -0.05) is 0 Å². The Bertz CT molecular complexity index is 439. The maximum absolute atomic E-state index is 6.24. The van der Waals surface area contributed by atoms with Gasteiger partial charge in [-0.3, -0.25) is 0 Å². The summed E-state index contributed by atoms with van der Waals surface area (Å²) in [4.78, 5) is 4.35. The highest BCUT2D eigenvalue weighted by Crippen LogP contribution is 2.40. The fourth-order valence-corrected chi connectivity index (χ4v) is 3.03. The van der Waals surface area contributed by atoms with Crippen LogP contribution in [0, 0.1) is 13.8 Å². The lowest BCUT2D eigenvalue weighted by atomic mass is 9.86. The Morgan fingerprint density at radius 3 is 2.67 bits per heavy atom. The molecule has 2 aliphatic rings. The van der Waals surface area contributed by atoms with Gasteiger partial charge in [0.15, 0.2) is 5.79 Å². The van der Waals surface area contributed by atoms with Crippen LogP contribution in [-0.2, 0) is 9.47 Å². The van der Waals surface area contributed by atoms with Crippen LogP contribution in [0.25, 0.3) is 0 Å². The van der Waals surface area contributed by atoms with E-state index in [4.69, 9.17) is 15.2 Å². The van der Waals surface area contributed by atoms with Crippen LogP contribution >= 0.6 is 0 Å². The maximum Gasteiger partial charge on any atom is 0.170 e. The van der Waals surface area contributed by atoms with Crippen molar-refractivity contribution in [2.75, 3.05) is 13.2 Å². The van der Waals surface area contributed by atoms with Gasteiger partial charge in [-0.05, 0) is 20.3 Å². The molecule has 0 bridgehead atoms. The summed E-state index contributed by atoms with van der Waals surface area (Å²) in [6.45, 7) is 5.22. The first-order valence-electron chi connectivity index (χ1n) is 6.53. The molecule has 2 unspecified atom stereocenters. The molecule has 2 fully saturated rings. The van der Waals surface area contributed by atoms with Crippen LogP contribution in [0.2, 0.25) is 0 Å². The van der Waals surface area contributed by atoms with E-state index in [0.29, 0.717) is 13.2 Å². The quantitative estimate of drug-likeness (QED) is 0.796. The first kappa shape index (κ1) is 12.1. The molecule has 2 N–H and O–H groups in total. The number of aryl methyl sites for hydroxylation is 2. The van der Waals surface area contributed by atoms with Gasteiger partial charge in [0.25, 0.3) is 0 Å². The number of rotatable bonds is 1. The van der Waals surface area contributed by atoms with Gasteiger partial charge >= 0.3 is 0 Å². The Morgan fingerprint density at radius 1 is 1.33 bits per heavy atom. The first-order chi connectivity index (χ1) is 8.60. The predicted molar refractivity (Wildman–Crippen MR) is 65.0 cm³/mol. The van der Waals surface area contributed by atoms with E-state index in [1.165, 1.54) is 0 Å². The highest BCUT2D eigenvalue weighted by atomic mass is 16.7. The third-order valence-electron chi connectivity index (χ3n) is 3.91. The van der Waals surface area contributed by atoms with Gasteiger partial charge in [-0.2, -0.15) is 5.10 Å². The summed E-state index contributed by atoms with van der Waals surface area (Å²) in [5.74, 6) is 1.25. The molecule has 0 aromatic carbocycles. The van der Waals surface area contributed by atoms with Crippen LogP contribution in [0.5, 0.6) is 0 Å². The smallest absolute Gasteiger partial charge is 0.170 e. The summed E-state index contributed by atoms with van der Waals surface area (Å²) < 4.78 is 13.5. The van der Waals surface area contributed by atoms with Crippen molar-refractivity contribution in [2.24, 2.45) is 5.73 Å². The van der Waals surface area contributed by atoms with Gasteiger partial charge < -0.3 is 15.2 Å². The normalized spacial score (nSPS) is 31.1. The molecule has 1 aliphatic carbocycles.